The molecule has 0 atom stereocenters. The van der Waals surface area contributed by atoms with Crippen molar-refractivity contribution in [3.05, 3.63) is 29.3 Å². The number of anilines is 1. The van der Waals surface area contributed by atoms with Crippen molar-refractivity contribution in [2.75, 3.05) is 5.73 Å². The molecule has 130 valence electrons. The Hall–Kier alpha value is -1.51. The molecule has 0 aromatic heterocycles. The second-order valence-corrected chi connectivity index (χ2v) is 6.47. The minimum absolute atomic E-state index is 0.227. The largest absolute Gasteiger partial charge is 0.478 e. The average Bonchev–Trinajstić information content (AvgIpc) is 2.53. The van der Waals surface area contributed by atoms with Gasteiger partial charge in [0.15, 0.2) is 0 Å². The molecule has 0 amide bonds. The molecular formula is C20H33NO2. The van der Waals surface area contributed by atoms with Gasteiger partial charge < -0.3 is 10.8 Å². The number of nitrogen functional groups attached to an aromatic ring is 1. The first-order valence-electron chi connectivity index (χ1n) is 9.27. The van der Waals surface area contributed by atoms with E-state index in [1.165, 1.54) is 64.2 Å². The van der Waals surface area contributed by atoms with Crippen molar-refractivity contribution in [1.29, 1.82) is 0 Å². The summed E-state index contributed by atoms with van der Waals surface area (Å²) < 4.78 is 0. The van der Waals surface area contributed by atoms with E-state index < -0.39 is 5.97 Å². The molecule has 0 aliphatic heterocycles. The molecule has 1 aromatic rings. The molecule has 0 saturated heterocycles. The summed E-state index contributed by atoms with van der Waals surface area (Å²) in [5.74, 6) is -0.941. The molecule has 3 nitrogen and oxygen atoms in total. The van der Waals surface area contributed by atoms with Crippen LogP contribution in [0.15, 0.2) is 18.2 Å². The molecule has 0 fully saturated rings. The summed E-state index contributed by atoms with van der Waals surface area (Å²) in [6.07, 6.45) is 15.4. The lowest BCUT2D eigenvalue weighted by Gasteiger charge is -2.08. The third-order valence-electron chi connectivity index (χ3n) is 4.48. The van der Waals surface area contributed by atoms with E-state index in [9.17, 15) is 4.79 Å². The van der Waals surface area contributed by atoms with Crippen molar-refractivity contribution in [1.82, 2.24) is 0 Å². The van der Waals surface area contributed by atoms with Crippen molar-refractivity contribution in [2.45, 2.75) is 84.0 Å². The van der Waals surface area contributed by atoms with E-state index in [0.717, 1.165) is 18.4 Å². The number of benzene rings is 1. The molecule has 0 unspecified atom stereocenters. The SMILES string of the molecule is CCCCCCCCCCCCCc1cccc(C(=O)O)c1N. The number of hydrogen-bond acceptors (Lipinski definition) is 2. The maximum atomic E-state index is 11.1. The number of aryl methyl sites for hydroxylation is 1. The second kappa shape index (κ2) is 12.0. The Labute approximate surface area is 141 Å². The Balaban J connectivity index is 2.07. The van der Waals surface area contributed by atoms with E-state index in [2.05, 4.69) is 6.92 Å². The van der Waals surface area contributed by atoms with E-state index in [1.54, 1.807) is 12.1 Å². The first kappa shape index (κ1) is 19.5. The lowest BCUT2D eigenvalue weighted by Crippen LogP contribution is -2.05. The van der Waals surface area contributed by atoms with Crippen LogP contribution >= 0.6 is 0 Å². The van der Waals surface area contributed by atoms with Gasteiger partial charge in [0.25, 0.3) is 0 Å². The lowest BCUT2D eigenvalue weighted by atomic mass is 10.0. The van der Waals surface area contributed by atoms with Gasteiger partial charge in [-0.2, -0.15) is 0 Å². The molecule has 0 saturated carbocycles. The topological polar surface area (TPSA) is 63.3 Å². The molecule has 0 aliphatic rings. The van der Waals surface area contributed by atoms with E-state index in [4.69, 9.17) is 10.8 Å². The molecule has 1 aromatic carbocycles. The first-order valence-corrected chi connectivity index (χ1v) is 9.27. The smallest absolute Gasteiger partial charge is 0.337 e. The summed E-state index contributed by atoms with van der Waals surface area (Å²) >= 11 is 0. The normalized spacial score (nSPS) is 10.8. The van der Waals surface area contributed by atoms with Gasteiger partial charge in [0.2, 0.25) is 0 Å². The van der Waals surface area contributed by atoms with Gasteiger partial charge in [-0.1, -0.05) is 83.3 Å². The number of para-hydroxylation sites is 1. The molecule has 0 aliphatic carbocycles. The molecule has 0 radical (unpaired) electrons. The number of rotatable bonds is 13. The monoisotopic (exact) mass is 319 g/mol. The molecule has 0 spiro atoms. The van der Waals surface area contributed by atoms with E-state index >= 15 is 0 Å². The maximum absolute atomic E-state index is 11.1. The van der Waals surface area contributed by atoms with Crippen LogP contribution in [0.25, 0.3) is 0 Å². The number of hydrogen-bond donors (Lipinski definition) is 2. The number of nitrogens with two attached hydrogens (primary N) is 1. The van der Waals surface area contributed by atoms with Crippen LogP contribution in [0, 0.1) is 0 Å². The lowest BCUT2D eigenvalue weighted by molar-refractivity contribution is 0.0698. The van der Waals surface area contributed by atoms with Crippen LogP contribution in [0.1, 0.15) is 93.5 Å². The highest BCUT2D eigenvalue weighted by atomic mass is 16.4. The highest BCUT2D eigenvalue weighted by Crippen LogP contribution is 2.20. The summed E-state index contributed by atoms with van der Waals surface area (Å²) in [6.45, 7) is 2.26. The van der Waals surface area contributed by atoms with Gasteiger partial charge in [-0.15, -0.1) is 0 Å². The molecular weight excluding hydrogens is 286 g/mol. The summed E-state index contributed by atoms with van der Waals surface area (Å²) in [4.78, 5) is 11.1. The third-order valence-corrected chi connectivity index (χ3v) is 4.48. The van der Waals surface area contributed by atoms with E-state index in [0.29, 0.717) is 5.69 Å². The molecule has 1 rings (SSSR count). The average molecular weight is 319 g/mol. The van der Waals surface area contributed by atoms with Crippen molar-refractivity contribution < 1.29 is 9.90 Å². The molecule has 3 heteroatoms. The predicted octanol–water partition coefficient (Wildman–Crippen LogP) is 5.82. The maximum Gasteiger partial charge on any atom is 0.337 e. The Morgan fingerprint density at radius 2 is 1.43 bits per heavy atom. The Kier molecular flexibility index (Phi) is 10.2. The van der Waals surface area contributed by atoms with Crippen molar-refractivity contribution in [2.24, 2.45) is 0 Å². The van der Waals surface area contributed by atoms with Crippen molar-refractivity contribution >= 4 is 11.7 Å². The second-order valence-electron chi connectivity index (χ2n) is 6.47. The number of unbranched alkanes of at least 4 members (excludes halogenated alkanes) is 10. The summed E-state index contributed by atoms with van der Waals surface area (Å²) in [7, 11) is 0. The van der Waals surface area contributed by atoms with Crippen LogP contribution in [0.3, 0.4) is 0 Å². The molecule has 3 N–H and O–H groups in total. The zero-order valence-electron chi connectivity index (χ0n) is 14.7. The van der Waals surface area contributed by atoms with Crippen LogP contribution in [0.2, 0.25) is 0 Å². The van der Waals surface area contributed by atoms with Crippen molar-refractivity contribution in [3.63, 3.8) is 0 Å². The van der Waals surface area contributed by atoms with Gasteiger partial charge in [-0.3, -0.25) is 0 Å². The number of carbonyl (C=O) groups is 1. The number of carboxylic acids is 1. The zero-order valence-corrected chi connectivity index (χ0v) is 14.7. The standard InChI is InChI=1S/C20H33NO2/c1-2-3-4-5-6-7-8-9-10-11-12-14-17-15-13-16-18(19(17)21)20(22)23/h13,15-16H,2-12,14,21H2,1H3,(H,22,23). The minimum atomic E-state index is -0.941. The van der Waals surface area contributed by atoms with Crippen molar-refractivity contribution in [3.8, 4) is 0 Å². The van der Waals surface area contributed by atoms with Crippen LogP contribution in [0.4, 0.5) is 5.69 Å². The third kappa shape index (κ3) is 8.06. The van der Waals surface area contributed by atoms with Gasteiger partial charge in [-0.05, 0) is 24.5 Å². The predicted molar refractivity (Wildman–Crippen MR) is 98.0 cm³/mol. The van der Waals surface area contributed by atoms with Crippen LogP contribution in [-0.4, -0.2) is 11.1 Å². The van der Waals surface area contributed by atoms with Gasteiger partial charge in [0, 0.05) is 5.69 Å². The fourth-order valence-corrected chi connectivity index (χ4v) is 3.00. The summed E-state index contributed by atoms with van der Waals surface area (Å²) in [5.41, 5.74) is 7.57. The molecule has 23 heavy (non-hydrogen) atoms. The van der Waals surface area contributed by atoms with E-state index in [-0.39, 0.29) is 5.56 Å². The van der Waals surface area contributed by atoms with Gasteiger partial charge in [0.05, 0.1) is 5.56 Å². The van der Waals surface area contributed by atoms with Gasteiger partial charge in [0.1, 0.15) is 0 Å². The fourth-order valence-electron chi connectivity index (χ4n) is 3.00. The first-order chi connectivity index (χ1) is 11.2. The molecule has 0 heterocycles. The van der Waals surface area contributed by atoms with Gasteiger partial charge in [-0.25, -0.2) is 4.79 Å². The Morgan fingerprint density at radius 1 is 0.913 bits per heavy atom. The zero-order chi connectivity index (χ0) is 16.9. The van der Waals surface area contributed by atoms with Crippen LogP contribution in [-0.2, 0) is 6.42 Å². The minimum Gasteiger partial charge on any atom is -0.478 e. The highest BCUT2D eigenvalue weighted by Gasteiger charge is 2.10. The summed E-state index contributed by atoms with van der Waals surface area (Å²) in [6, 6.07) is 5.30. The number of aromatic carboxylic acids is 1. The van der Waals surface area contributed by atoms with Gasteiger partial charge >= 0.3 is 5.97 Å². The van der Waals surface area contributed by atoms with E-state index in [1.807, 2.05) is 6.07 Å². The quantitative estimate of drug-likeness (QED) is 0.355. The Bertz CT molecular complexity index is 457. The van der Waals surface area contributed by atoms with Crippen LogP contribution in [0.5, 0.6) is 0 Å². The fraction of sp³-hybridized carbons (Fsp3) is 0.650. The number of carboxylic acid groups (broad SMARTS) is 1. The van der Waals surface area contributed by atoms with Crippen LogP contribution < -0.4 is 5.73 Å². The highest BCUT2D eigenvalue weighted by molar-refractivity contribution is 5.94. The molecule has 0 bridgehead atoms. The Morgan fingerprint density at radius 3 is 1.96 bits per heavy atom. The summed E-state index contributed by atoms with van der Waals surface area (Å²) in [5, 5.41) is 9.07.